The predicted octanol–water partition coefficient (Wildman–Crippen LogP) is 0.308. The van der Waals surface area contributed by atoms with Gasteiger partial charge in [0.15, 0.2) is 0 Å². The molecule has 0 bridgehead atoms. The number of nitrogens with zero attached hydrogens (tertiary/aromatic N) is 4. The van der Waals surface area contributed by atoms with Crippen LogP contribution in [0.2, 0.25) is 0 Å². The maximum Gasteiger partial charge on any atom is 0.323 e. The van der Waals surface area contributed by atoms with Crippen LogP contribution < -0.4 is 15.0 Å². The van der Waals surface area contributed by atoms with Crippen LogP contribution >= 0.6 is 0 Å². The van der Waals surface area contributed by atoms with Crippen LogP contribution in [0.15, 0.2) is 0 Å². The summed E-state index contributed by atoms with van der Waals surface area (Å²) in [6.07, 6.45) is 2.26. The second-order valence-corrected chi connectivity index (χ2v) is 5.04. The third kappa shape index (κ3) is 3.70. The van der Waals surface area contributed by atoms with E-state index in [0.29, 0.717) is 37.7 Å². The van der Waals surface area contributed by atoms with E-state index in [2.05, 4.69) is 25.2 Å². The Morgan fingerprint density at radius 2 is 2.10 bits per heavy atom. The van der Waals surface area contributed by atoms with Crippen molar-refractivity contribution in [1.82, 2.24) is 15.0 Å². The largest absolute Gasteiger partial charge is 0.461 e. The number of ether oxygens (including phenoxy) is 3. The van der Waals surface area contributed by atoms with E-state index in [1.165, 1.54) is 0 Å². The Morgan fingerprint density at radius 1 is 1.24 bits per heavy atom. The zero-order valence-electron chi connectivity index (χ0n) is 12.2. The Labute approximate surface area is 123 Å². The Balaban J connectivity index is 1.69. The second-order valence-electron chi connectivity index (χ2n) is 5.04. The highest BCUT2D eigenvalue weighted by molar-refractivity contribution is 5.38. The second kappa shape index (κ2) is 6.86. The molecule has 0 saturated carbocycles. The van der Waals surface area contributed by atoms with Crippen molar-refractivity contribution in [3.63, 3.8) is 0 Å². The molecule has 3 rings (SSSR count). The highest BCUT2D eigenvalue weighted by atomic mass is 16.5. The van der Waals surface area contributed by atoms with Crippen LogP contribution in [0.3, 0.4) is 0 Å². The van der Waals surface area contributed by atoms with E-state index in [1.807, 2.05) is 0 Å². The molecule has 2 aliphatic rings. The monoisotopic (exact) mass is 295 g/mol. The summed E-state index contributed by atoms with van der Waals surface area (Å²) in [7, 11) is 1.78. The highest BCUT2D eigenvalue weighted by Gasteiger charge is 2.19. The summed E-state index contributed by atoms with van der Waals surface area (Å²) < 4.78 is 16.6. The molecule has 1 unspecified atom stereocenters. The lowest BCUT2D eigenvalue weighted by atomic mass is 10.2. The van der Waals surface area contributed by atoms with Crippen LogP contribution in [0.25, 0.3) is 0 Å². The van der Waals surface area contributed by atoms with Crippen LogP contribution in [0.5, 0.6) is 6.01 Å². The van der Waals surface area contributed by atoms with E-state index < -0.39 is 0 Å². The van der Waals surface area contributed by atoms with Gasteiger partial charge in [-0.15, -0.1) is 0 Å². The zero-order chi connectivity index (χ0) is 14.5. The number of hydrogen-bond donors (Lipinski definition) is 1. The predicted molar refractivity (Wildman–Crippen MR) is 76.9 cm³/mol. The summed E-state index contributed by atoms with van der Waals surface area (Å²) in [5, 5.41) is 2.94. The fraction of sp³-hybridized carbons (Fsp3) is 0.769. The molecule has 3 heterocycles. The van der Waals surface area contributed by atoms with Crippen molar-refractivity contribution >= 4 is 11.9 Å². The quantitative estimate of drug-likeness (QED) is 0.831. The molecule has 8 nitrogen and oxygen atoms in total. The van der Waals surface area contributed by atoms with Gasteiger partial charge in [0.05, 0.1) is 19.3 Å². The third-order valence-corrected chi connectivity index (χ3v) is 3.54. The number of rotatable bonds is 5. The van der Waals surface area contributed by atoms with Gasteiger partial charge < -0.3 is 24.4 Å². The highest BCUT2D eigenvalue weighted by Crippen LogP contribution is 2.18. The molecule has 0 aliphatic carbocycles. The molecule has 0 radical (unpaired) electrons. The summed E-state index contributed by atoms with van der Waals surface area (Å²) >= 11 is 0. The molecular weight excluding hydrogens is 274 g/mol. The van der Waals surface area contributed by atoms with Gasteiger partial charge >= 0.3 is 6.01 Å². The van der Waals surface area contributed by atoms with Crippen molar-refractivity contribution in [1.29, 1.82) is 0 Å². The minimum absolute atomic E-state index is 0.145. The maximum absolute atomic E-state index is 5.68. The van der Waals surface area contributed by atoms with E-state index in [9.17, 15) is 0 Å². The molecule has 1 aromatic rings. The molecule has 2 saturated heterocycles. The number of morpholine rings is 1. The summed E-state index contributed by atoms with van der Waals surface area (Å²) in [5.41, 5.74) is 0. The summed E-state index contributed by atoms with van der Waals surface area (Å²) in [6.45, 7) is 4.22. The SMILES string of the molecule is CNc1nc(OCC2CCCO2)nc(N2CCOCC2)n1. The van der Waals surface area contributed by atoms with Gasteiger partial charge in [-0.25, -0.2) is 0 Å². The van der Waals surface area contributed by atoms with Crippen molar-refractivity contribution in [2.75, 3.05) is 56.8 Å². The van der Waals surface area contributed by atoms with Crippen LogP contribution in [-0.4, -0.2) is 67.6 Å². The van der Waals surface area contributed by atoms with Crippen molar-refractivity contribution in [3.05, 3.63) is 0 Å². The topological polar surface area (TPSA) is 81.6 Å². The Morgan fingerprint density at radius 3 is 2.81 bits per heavy atom. The molecular formula is C13H21N5O3. The van der Waals surface area contributed by atoms with E-state index in [1.54, 1.807) is 7.05 Å². The zero-order valence-corrected chi connectivity index (χ0v) is 12.2. The Bertz CT molecular complexity index is 461. The fourth-order valence-electron chi connectivity index (χ4n) is 2.37. The first-order valence-electron chi connectivity index (χ1n) is 7.36. The number of anilines is 2. The molecule has 116 valence electrons. The molecule has 1 atom stereocenters. The molecule has 21 heavy (non-hydrogen) atoms. The molecule has 2 fully saturated rings. The van der Waals surface area contributed by atoms with Crippen molar-refractivity contribution in [2.45, 2.75) is 18.9 Å². The van der Waals surface area contributed by atoms with Crippen molar-refractivity contribution in [3.8, 4) is 6.01 Å². The van der Waals surface area contributed by atoms with Gasteiger partial charge in [-0.05, 0) is 12.8 Å². The summed E-state index contributed by atoms with van der Waals surface area (Å²) in [6, 6.07) is 0.339. The number of nitrogens with one attached hydrogen (secondary N) is 1. The average Bonchev–Trinajstić information content (AvgIpc) is 3.07. The molecule has 1 N–H and O–H groups in total. The van der Waals surface area contributed by atoms with E-state index >= 15 is 0 Å². The maximum atomic E-state index is 5.68. The molecule has 0 aromatic carbocycles. The van der Waals surface area contributed by atoms with Gasteiger partial charge in [0.25, 0.3) is 0 Å². The van der Waals surface area contributed by atoms with E-state index in [0.717, 1.165) is 32.5 Å². The fourth-order valence-corrected chi connectivity index (χ4v) is 2.37. The van der Waals surface area contributed by atoms with E-state index in [-0.39, 0.29) is 6.10 Å². The Hall–Kier alpha value is -1.67. The smallest absolute Gasteiger partial charge is 0.323 e. The van der Waals surface area contributed by atoms with Crippen LogP contribution in [0.1, 0.15) is 12.8 Å². The first-order valence-corrected chi connectivity index (χ1v) is 7.36. The lowest BCUT2D eigenvalue weighted by Gasteiger charge is -2.26. The van der Waals surface area contributed by atoms with Gasteiger partial charge in [0.1, 0.15) is 6.61 Å². The van der Waals surface area contributed by atoms with Crippen molar-refractivity contribution in [2.24, 2.45) is 0 Å². The standard InChI is InChI=1S/C13H21N5O3/c1-14-11-15-12(18-4-7-19-8-5-18)17-13(16-11)21-9-10-3-2-6-20-10/h10H,2-9H2,1H3,(H,14,15,16,17). The van der Waals surface area contributed by atoms with Gasteiger partial charge in [0, 0.05) is 26.7 Å². The first-order chi connectivity index (χ1) is 10.3. The molecule has 8 heteroatoms. The van der Waals surface area contributed by atoms with E-state index in [4.69, 9.17) is 14.2 Å². The number of aromatic nitrogens is 3. The average molecular weight is 295 g/mol. The van der Waals surface area contributed by atoms with Crippen LogP contribution in [0.4, 0.5) is 11.9 Å². The normalized spacial score (nSPS) is 22.3. The molecule has 0 spiro atoms. The van der Waals surface area contributed by atoms with Crippen molar-refractivity contribution < 1.29 is 14.2 Å². The third-order valence-electron chi connectivity index (χ3n) is 3.54. The van der Waals surface area contributed by atoms with Crippen LogP contribution in [-0.2, 0) is 9.47 Å². The minimum atomic E-state index is 0.145. The summed E-state index contributed by atoms with van der Waals surface area (Å²) in [5.74, 6) is 1.13. The summed E-state index contributed by atoms with van der Waals surface area (Å²) in [4.78, 5) is 15.1. The lowest BCUT2D eigenvalue weighted by molar-refractivity contribution is 0.0645. The lowest BCUT2D eigenvalue weighted by Crippen LogP contribution is -2.37. The Kier molecular flexibility index (Phi) is 4.66. The van der Waals surface area contributed by atoms with Gasteiger partial charge in [-0.2, -0.15) is 15.0 Å². The molecule has 0 amide bonds. The van der Waals surface area contributed by atoms with Gasteiger partial charge in [0.2, 0.25) is 11.9 Å². The minimum Gasteiger partial charge on any atom is -0.461 e. The van der Waals surface area contributed by atoms with Gasteiger partial charge in [-0.1, -0.05) is 0 Å². The molecule has 1 aromatic heterocycles. The van der Waals surface area contributed by atoms with Crippen LogP contribution in [0, 0.1) is 0 Å². The van der Waals surface area contributed by atoms with Gasteiger partial charge in [-0.3, -0.25) is 0 Å². The molecule has 2 aliphatic heterocycles. The first kappa shape index (κ1) is 14.3. The number of hydrogen-bond acceptors (Lipinski definition) is 8.